The van der Waals surface area contributed by atoms with Crippen LogP contribution >= 0.6 is 11.3 Å². The second-order valence-corrected chi connectivity index (χ2v) is 6.94. The van der Waals surface area contributed by atoms with Crippen LogP contribution in [0.1, 0.15) is 26.4 Å². The van der Waals surface area contributed by atoms with Crippen molar-refractivity contribution >= 4 is 34.2 Å². The fourth-order valence-electron chi connectivity index (χ4n) is 2.87. The maximum absolute atomic E-state index is 12.4. The number of carbonyl (C=O) groups is 3. The minimum atomic E-state index is -0.481. The molecule has 0 bridgehead atoms. The number of hydrogen-bond donors (Lipinski definition) is 1. The highest BCUT2D eigenvalue weighted by Gasteiger charge is 2.36. The van der Waals surface area contributed by atoms with Crippen LogP contribution in [0.5, 0.6) is 0 Å². The summed E-state index contributed by atoms with van der Waals surface area (Å²) in [5.41, 5.74) is 2.15. The van der Waals surface area contributed by atoms with Crippen molar-refractivity contribution in [3.63, 3.8) is 0 Å². The van der Waals surface area contributed by atoms with Crippen molar-refractivity contribution in [2.24, 2.45) is 0 Å². The van der Waals surface area contributed by atoms with Gasteiger partial charge < -0.3 is 5.32 Å². The maximum Gasteiger partial charge on any atom is 0.262 e. The largest absolute Gasteiger partial charge is 0.300 e. The fourth-order valence-corrected chi connectivity index (χ4v) is 3.83. The van der Waals surface area contributed by atoms with Crippen molar-refractivity contribution in [2.45, 2.75) is 6.92 Å². The normalized spacial score (nSPS) is 13.0. The molecule has 0 saturated heterocycles. The van der Waals surface area contributed by atoms with Gasteiger partial charge >= 0.3 is 0 Å². The number of imide groups is 1. The van der Waals surface area contributed by atoms with Gasteiger partial charge in [0.2, 0.25) is 5.91 Å². The molecule has 1 aliphatic heterocycles. The fraction of sp³-hybridized carbons (Fsp3) is 0.105. The second-order valence-electron chi connectivity index (χ2n) is 5.94. The molecule has 0 atom stereocenters. The molecule has 2 aromatic heterocycles. The number of pyridine rings is 1. The summed E-state index contributed by atoms with van der Waals surface area (Å²) in [7, 11) is 0. The van der Waals surface area contributed by atoms with Crippen LogP contribution in [0.25, 0.3) is 10.6 Å². The van der Waals surface area contributed by atoms with E-state index in [9.17, 15) is 14.4 Å². The van der Waals surface area contributed by atoms with Crippen molar-refractivity contribution in [2.75, 3.05) is 11.9 Å². The van der Waals surface area contributed by atoms with E-state index in [0.717, 1.165) is 21.2 Å². The van der Waals surface area contributed by atoms with Crippen LogP contribution in [0.2, 0.25) is 0 Å². The lowest BCUT2D eigenvalue weighted by atomic mass is 10.1. The number of hydrogen-bond acceptors (Lipinski definition) is 6. The Hall–Kier alpha value is -3.39. The quantitative estimate of drug-likeness (QED) is 0.705. The van der Waals surface area contributed by atoms with E-state index >= 15 is 0 Å². The van der Waals surface area contributed by atoms with Gasteiger partial charge in [0.15, 0.2) is 5.13 Å². The summed E-state index contributed by atoms with van der Waals surface area (Å²) in [6.07, 6.45) is 1.69. The summed E-state index contributed by atoms with van der Waals surface area (Å²) in [4.78, 5) is 47.5. The Bertz CT molecular complexity index is 1030. The molecule has 0 spiro atoms. The average molecular weight is 378 g/mol. The topological polar surface area (TPSA) is 92.3 Å². The van der Waals surface area contributed by atoms with Crippen LogP contribution in [0, 0.1) is 6.92 Å². The van der Waals surface area contributed by atoms with Crippen LogP contribution in [0.4, 0.5) is 5.13 Å². The molecule has 134 valence electrons. The van der Waals surface area contributed by atoms with Gasteiger partial charge in [-0.05, 0) is 31.2 Å². The second kappa shape index (κ2) is 6.73. The highest BCUT2D eigenvalue weighted by atomic mass is 32.1. The number of fused-ring (bicyclic) bond motifs is 1. The number of nitrogens with zero attached hydrogens (tertiary/aromatic N) is 3. The van der Waals surface area contributed by atoms with Crippen molar-refractivity contribution in [3.05, 3.63) is 65.5 Å². The van der Waals surface area contributed by atoms with Crippen LogP contribution in [-0.2, 0) is 4.79 Å². The third-order valence-electron chi connectivity index (χ3n) is 4.12. The number of anilines is 1. The molecule has 1 N–H and O–H groups in total. The third kappa shape index (κ3) is 3.11. The Morgan fingerprint density at radius 1 is 1.07 bits per heavy atom. The molecule has 3 aromatic rings. The number of carbonyl (C=O) groups excluding carboxylic acids is 3. The lowest BCUT2D eigenvalue weighted by molar-refractivity contribution is -0.116. The standard InChI is InChI=1S/C19H14N4O3S/c1-11-16(14-8-4-5-9-20-14)27-19(21-11)22-15(24)10-23-17(25)12-6-2-3-7-13(12)18(23)26/h2-9H,10H2,1H3,(H,21,22,24). The van der Waals surface area contributed by atoms with E-state index in [1.807, 2.05) is 25.1 Å². The van der Waals surface area contributed by atoms with Crippen molar-refractivity contribution in [3.8, 4) is 10.6 Å². The maximum atomic E-state index is 12.4. The molecule has 1 aliphatic rings. The zero-order chi connectivity index (χ0) is 19.0. The summed E-state index contributed by atoms with van der Waals surface area (Å²) in [6, 6.07) is 12.1. The van der Waals surface area contributed by atoms with E-state index in [1.54, 1.807) is 30.5 Å². The first kappa shape index (κ1) is 17.0. The number of aromatic nitrogens is 2. The number of rotatable bonds is 4. The summed E-state index contributed by atoms with van der Waals surface area (Å²) in [5.74, 6) is -1.41. The first-order valence-corrected chi connectivity index (χ1v) is 9.00. The number of benzene rings is 1. The van der Waals surface area contributed by atoms with Gasteiger partial charge in [0.25, 0.3) is 11.8 Å². The molecule has 0 unspecified atom stereocenters. The van der Waals surface area contributed by atoms with Gasteiger partial charge in [-0.3, -0.25) is 24.3 Å². The van der Waals surface area contributed by atoms with E-state index in [0.29, 0.717) is 16.3 Å². The highest BCUT2D eigenvalue weighted by molar-refractivity contribution is 7.19. The number of nitrogens with one attached hydrogen (secondary N) is 1. The van der Waals surface area contributed by atoms with Crippen molar-refractivity contribution in [1.82, 2.24) is 14.9 Å². The first-order chi connectivity index (χ1) is 13.0. The Kier molecular flexibility index (Phi) is 4.25. The highest BCUT2D eigenvalue weighted by Crippen LogP contribution is 2.31. The summed E-state index contributed by atoms with van der Waals surface area (Å²) in [5, 5.41) is 3.06. The summed E-state index contributed by atoms with van der Waals surface area (Å²) < 4.78 is 0. The van der Waals surface area contributed by atoms with Gasteiger partial charge in [-0.2, -0.15) is 0 Å². The van der Waals surface area contributed by atoms with Gasteiger partial charge in [-0.15, -0.1) is 0 Å². The Morgan fingerprint density at radius 3 is 2.37 bits per heavy atom. The van der Waals surface area contributed by atoms with Crippen LogP contribution in [-0.4, -0.2) is 39.1 Å². The van der Waals surface area contributed by atoms with E-state index < -0.39 is 17.7 Å². The lowest BCUT2D eigenvalue weighted by Crippen LogP contribution is -2.37. The summed E-state index contributed by atoms with van der Waals surface area (Å²) >= 11 is 1.29. The van der Waals surface area contributed by atoms with E-state index in [1.165, 1.54) is 11.3 Å². The van der Waals surface area contributed by atoms with Crippen LogP contribution in [0.3, 0.4) is 0 Å². The van der Waals surface area contributed by atoms with Gasteiger partial charge in [-0.1, -0.05) is 29.5 Å². The lowest BCUT2D eigenvalue weighted by Gasteiger charge is -2.12. The molecule has 3 amide bonds. The zero-order valence-corrected chi connectivity index (χ0v) is 15.1. The predicted molar refractivity (Wildman–Crippen MR) is 101 cm³/mol. The predicted octanol–water partition coefficient (Wildman–Crippen LogP) is 2.75. The monoisotopic (exact) mass is 378 g/mol. The summed E-state index contributed by atoms with van der Waals surface area (Å²) in [6.45, 7) is 1.48. The molecule has 4 rings (SSSR count). The third-order valence-corrected chi connectivity index (χ3v) is 5.22. The molecule has 0 aliphatic carbocycles. The van der Waals surface area contributed by atoms with E-state index in [2.05, 4.69) is 15.3 Å². The molecular weight excluding hydrogens is 364 g/mol. The first-order valence-electron chi connectivity index (χ1n) is 8.18. The molecule has 3 heterocycles. The molecule has 0 fully saturated rings. The van der Waals surface area contributed by atoms with Crippen molar-refractivity contribution < 1.29 is 14.4 Å². The SMILES string of the molecule is Cc1nc(NC(=O)CN2C(=O)c3ccccc3C2=O)sc1-c1ccccn1. The van der Waals surface area contributed by atoms with Gasteiger partial charge in [0.05, 0.1) is 27.4 Å². The van der Waals surface area contributed by atoms with Gasteiger partial charge in [0, 0.05) is 6.20 Å². The van der Waals surface area contributed by atoms with E-state index in [4.69, 9.17) is 0 Å². The minimum Gasteiger partial charge on any atom is -0.300 e. The molecule has 7 nitrogen and oxygen atoms in total. The number of amides is 3. The number of thiazole rings is 1. The van der Waals surface area contributed by atoms with Crippen LogP contribution < -0.4 is 5.32 Å². The smallest absolute Gasteiger partial charge is 0.262 e. The molecule has 1 aromatic carbocycles. The molecule has 8 heteroatoms. The van der Waals surface area contributed by atoms with E-state index in [-0.39, 0.29) is 6.54 Å². The molecule has 0 saturated carbocycles. The Balaban J connectivity index is 1.48. The molecule has 27 heavy (non-hydrogen) atoms. The minimum absolute atomic E-state index is 0.317. The van der Waals surface area contributed by atoms with Crippen molar-refractivity contribution in [1.29, 1.82) is 0 Å². The molecular formula is C19H14N4O3S. The van der Waals surface area contributed by atoms with Gasteiger partial charge in [0.1, 0.15) is 6.54 Å². The zero-order valence-electron chi connectivity index (χ0n) is 14.3. The Labute approximate surface area is 158 Å². The molecule has 0 radical (unpaired) electrons. The Morgan fingerprint density at radius 2 is 1.74 bits per heavy atom. The van der Waals surface area contributed by atoms with Crippen LogP contribution in [0.15, 0.2) is 48.7 Å². The average Bonchev–Trinajstić information content (AvgIpc) is 3.15. The van der Waals surface area contributed by atoms with Gasteiger partial charge in [-0.25, -0.2) is 4.98 Å². The number of aryl methyl sites for hydroxylation is 1.